The van der Waals surface area contributed by atoms with Gasteiger partial charge in [-0.15, -0.1) is 0 Å². The van der Waals surface area contributed by atoms with Gasteiger partial charge < -0.3 is 10.4 Å². The van der Waals surface area contributed by atoms with E-state index < -0.39 is 0 Å². The number of hydrogen-bond acceptors (Lipinski definition) is 2. The Hall–Kier alpha value is -1.51. The van der Waals surface area contributed by atoms with Crippen LogP contribution in [-0.2, 0) is 0 Å². The van der Waals surface area contributed by atoms with Crippen LogP contribution in [0.2, 0.25) is 0 Å². The minimum Gasteiger partial charge on any atom is -0.508 e. The van der Waals surface area contributed by atoms with E-state index in [0.29, 0.717) is 11.1 Å². The van der Waals surface area contributed by atoms with E-state index in [-0.39, 0.29) is 11.7 Å². The molecule has 0 spiro atoms. The fraction of sp³-hybridized carbons (Fsp3) is 0.222. The summed E-state index contributed by atoms with van der Waals surface area (Å²) in [5.41, 5.74) is 1.27. The second-order valence-corrected chi connectivity index (χ2v) is 2.58. The molecule has 1 aromatic carbocycles. The van der Waals surface area contributed by atoms with Crippen molar-refractivity contribution in [3.63, 3.8) is 0 Å². The predicted octanol–water partition coefficient (Wildman–Crippen LogP) is 1.06. The molecular weight excluding hydrogens is 154 g/mol. The number of hydrogen-bond donors (Lipinski definition) is 2. The van der Waals surface area contributed by atoms with Gasteiger partial charge in [0.25, 0.3) is 5.91 Å². The Morgan fingerprint density at radius 3 is 2.67 bits per heavy atom. The molecule has 2 N–H and O–H groups in total. The molecule has 0 radical (unpaired) electrons. The van der Waals surface area contributed by atoms with Crippen molar-refractivity contribution in [2.75, 3.05) is 7.05 Å². The third-order valence-corrected chi connectivity index (χ3v) is 1.69. The van der Waals surface area contributed by atoms with Crippen LogP contribution in [0.15, 0.2) is 18.2 Å². The van der Waals surface area contributed by atoms with E-state index >= 15 is 0 Å². The molecule has 0 atom stereocenters. The lowest BCUT2D eigenvalue weighted by molar-refractivity contribution is 0.0963. The van der Waals surface area contributed by atoms with Crippen LogP contribution >= 0.6 is 0 Å². The molecule has 0 heterocycles. The zero-order chi connectivity index (χ0) is 9.14. The Bertz CT molecular complexity index is 307. The van der Waals surface area contributed by atoms with Gasteiger partial charge in [-0.3, -0.25) is 4.79 Å². The largest absolute Gasteiger partial charge is 0.508 e. The van der Waals surface area contributed by atoms with Crippen LogP contribution in [0.1, 0.15) is 15.9 Å². The van der Waals surface area contributed by atoms with Gasteiger partial charge in [0.1, 0.15) is 5.75 Å². The molecule has 0 bridgehead atoms. The Morgan fingerprint density at radius 2 is 2.17 bits per heavy atom. The van der Waals surface area contributed by atoms with Crippen LogP contribution in [0.25, 0.3) is 0 Å². The van der Waals surface area contributed by atoms with Crippen LogP contribution in [0, 0.1) is 6.92 Å². The Balaban J connectivity index is 3.05. The van der Waals surface area contributed by atoms with Gasteiger partial charge in [-0.2, -0.15) is 0 Å². The average molecular weight is 165 g/mol. The van der Waals surface area contributed by atoms with Crippen LogP contribution in [0.4, 0.5) is 0 Å². The van der Waals surface area contributed by atoms with E-state index in [1.54, 1.807) is 26.1 Å². The van der Waals surface area contributed by atoms with E-state index in [1.165, 1.54) is 6.07 Å². The maximum Gasteiger partial charge on any atom is 0.251 e. The molecule has 0 aliphatic carbocycles. The number of carbonyl (C=O) groups excluding carboxylic acids is 1. The Morgan fingerprint density at radius 1 is 1.50 bits per heavy atom. The number of phenols is 1. The molecule has 0 fully saturated rings. The van der Waals surface area contributed by atoms with Crippen LogP contribution < -0.4 is 5.32 Å². The number of aryl methyl sites for hydroxylation is 1. The summed E-state index contributed by atoms with van der Waals surface area (Å²) in [6, 6.07) is 4.75. The lowest BCUT2D eigenvalue weighted by Crippen LogP contribution is -2.17. The predicted molar refractivity (Wildman–Crippen MR) is 46.2 cm³/mol. The highest BCUT2D eigenvalue weighted by Gasteiger charge is 2.03. The number of nitrogens with one attached hydrogen (secondary N) is 1. The first kappa shape index (κ1) is 8.59. The number of phenolic OH excluding ortho intramolecular Hbond substituents is 1. The minimum atomic E-state index is -0.141. The number of rotatable bonds is 1. The maximum absolute atomic E-state index is 11.1. The molecule has 64 valence electrons. The SMILES string of the molecule is CNC(=O)c1ccc(O)c(C)c1. The number of amides is 1. The summed E-state index contributed by atoms with van der Waals surface area (Å²) in [4.78, 5) is 11.1. The zero-order valence-corrected chi connectivity index (χ0v) is 7.09. The van der Waals surface area contributed by atoms with Crippen molar-refractivity contribution in [3.05, 3.63) is 29.3 Å². The van der Waals surface area contributed by atoms with Crippen LogP contribution in [-0.4, -0.2) is 18.1 Å². The van der Waals surface area contributed by atoms with E-state index in [9.17, 15) is 4.79 Å². The molecule has 3 nitrogen and oxygen atoms in total. The molecule has 0 aliphatic heterocycles. The molecule has 0 saturated carbocycles. The van der Waals surface area contributed by atoms with E-state index in [0.717, 1.165) is 0 Å². The average Bonchev–Trinajstić information content (AvgIpc) is 2.08. The molecule has 0 aliphatic rings. The highest BCUT2D eigenvalue weighted by atomic mass is 16.3. The Labute approximate surface area is 71.0 Å². The highest BCUT2D eigenvalue weighted by molar-refractivity contribution is 5.94. The molecule has 1 rings (SSSR count). The van der Waals surface area contributed by atoms with Gasteiger partial charge in [-0.1, -0.05) is 0 Å². The van der Waals surface area contributed by atoms with Crippen molar-refractivity contribution in [2.24, 2.45) is 0 Å². The fourth-order valence-electron chi connectivity index (χ4n) is 0.941. The summed E-state index contributed by atoms with van der Waals surface area (Å²) in [7, 11) is 1.57. The first-order valence-corrected chi connectivity index (χ1v) is 3.67. The van der Waals surface area contributed by atoms with Crippen molar-refractivity contribution in [1.82, 2.24) is 5.32 Å². The molecule has 1 amide bonds. The van der Waals surface area contributed by atoms with Gasteiger partial charge in [0.2, 0.25) is 0 Å². The lowest BCUT2D eigenvalue weighted by atomic mass is 10.1. The van der Waals surface area contributed by atoms with Gasteiger partial charge in [0.15, 0.2) is 0 Å². The van der Waals surface area contributed by atoms with Gasteiger partial charge in [0.05, 0.1) is 0 Å². The topological polar surface area (TPSA) is 49.3 Å². The minimum absolute atomic E-state index is 0.141. The van der Waals surface area contributed by atoms with Gasteiger partial charge >= 0.3 is 0 Å². The summed E-state index contributed by atoms with van der Waals surface area (Å²) < 4.78 is 0. The van der Waals surface area contributed by atoms with E-state index in [1.807, 2.05) is 0 Å². The standard InChI is InChI=1S/C9H11NO2/c1-6-5-7(9(12)10-2)3-4-8(6)11/h3-5,11H,1-2H3,(H,10,12). The first-order chi connectivity index (χ1) is 5.65. The number of carbonyl (C=O) groups is 1. The van der Waals surface area contributed by atoms with E-state index in [2.05, 4.69) is 5.32 Å². The van der Waals surface area contributed by atoms with Gasteiger partial charge in [-0.25, -0.2) is 0 Å². The quantitative estimate of drug-likeness (QED) is 0.653. The molecular formula is C9H11NO2. The monoisotopic (exact) mass is 165 g/mol. The highest BCUT2D eigenvalue weighted by Crippen LogP contribution is 2.16. The summed E-state index contributed by atoms with van der Waals surface area (Å²) in [5.74, 6) is 0.0701. The summed E-state index contributed by atoms with van der Waals surface area (Å²) >= 11 is 0. The van der Waals surface area contributed by atoms with E-state index in [4.69, 9.17) is 5.11 Å². The van der Waals surface area contributed by atoms with Crippen molar-refractivity contribution < 1.29 is 9.90 Å². The molecule has 0 aromatic heterocycles. The van der Waals surface area contributed by atoms with Crippen molar-refractivity contribution >= 4 is 5.91 Å². The smallest absolute Gasteiger partial charge is 0.251 e. The van der Waals surface area contributed by atoms with Gasteiger partial charge in [-0.05, 0) is 30.7 Å². The fourth-order valence-corrected chi connectivity index (χ4v) is 0.941. The van der Waals surface area contributed by atoms with Crippen LogP contribution in [0.5, 0.6) is 5.75 Å². The van der Waals surface area contributed by atoms with Crippen molar-refractivity contribution in [3.8, 4) is 5.75 Å². The third-order valence-electron chi connectivity index (χ3n) is 1.69. The third kappa shape index (κ3) is 1.56. The maximum atomic E-state index is 11.1. The number of aromatic hydroxyl groups is 1. The second-order valence-electron chi connectivity index (χ2n) is 2.58. The normalized spacial score (nSPS) is 9.50. The molecule has 0 saturated heterocycles. The summed E-state index contributed by atoms with van der Waals surface area (Å²) in [6.45, 7) is 1.75. The lowest BCUT2D eigenvalue weighted by Gasteiger charge is -2.02. The van der Waals surface area contributed by atoms with Gasteiger partial charge in [0, 0.05) is 12.6 Å². The number of benzene rings is 1. The second kappa shape index (κ2) is 3.26. The summed E-state index contributed by atoms with van der Waals surface area (Å²) in [6.07, 6.45) is 0. The first-order valence-electron chi connectivity index (χ1n) is 3.67. The van der Waals surface area contributed by atoms with Crippen molar-refractivity contribution in [2.45, 2.75) is 6.92 Å². The summed E-state index contributed by atoms with van der Waals surface area (Å²) in [5, 5.41) is 11.7. The zero-order valence-electron chi connectivity index (χ0n) is 7.09. The van der Waals surface area contributed by atoms with Crippen LogP contribution in [0.3, 0.4) is 0 Å². The molecule has 0 unspecified atom stereocenters. The molecule has 1 aromatic rings. The molecule has 12 heavy (non-hydrogen) atoms. The molecule has 3 heteroatoms. The van der Waals surface area contributed by atoms with Crippen molar-refractivity contribution in [1.29, 1.82) is 0 Å². The Kier molecular flexibility index (Phi) is 2.33.